The average molecular weight is 572 g/mol. The molecule has 214 valence electrons. The van der Waals surface area contributed by atoms with Gasteiger partial charge >= 0.3 is 0 Å². The highest BCUT2D eigenvalue weighted by atomic mass is 16.2. The number of anilines is 3. The van der Waals surface area contributed by atoms with Crippen molar-refractivity contribution >= 4 is 23.0 Å². The van der Waals surface area contributed by atoms with Crippen molar-refractivity contribution in [2.45, 2.75) is 18.3 Å². The lowest BCUT2D eigenvalue weighted by Crippen LogP contribution is -2.33. The molecule has 0 heterocycles. The third-order valence-corrected chi connectivity index (χ3v) is 8.72. The first-order chi connectivity index (χ1) is 21.7. The van der Waals surface area contributed by atoms with E-state index in [-0.39, 0.29) is 5.91 Å². The maximum Gasteiger partial charge on any atom is 0.265 e. The third-order valence-electron chi connectivity index (χ3n) is 8.72. The number of fused-ring (bicyclic) bond motifs is 3. The first-order valence-corrected chi connectivity index (χ1v) is 14.9. The molecule has 44 heavy (non-hydrogen) atoms. The summed E-state index contributed by atoms with van der Waals surface area (Å²) < 4.78 is 0. The number of hydrogen-bond acceptors (Lipinski definition) is 3. The molecule has 0 aromatic heterocycles. The highest BCUT2D eigenvalue weighted by molar-refractivity contribution is 5.96. The second kappa shape index (κ2) is 11.7. The van der Waals surface area contributed by atoms with Gasteiger partial charge in [-0.3, -0.25) is 10.2 Å². The van der Waals surface area contributed by atoms with Crippen LogP contribution in [-0.4, -0.2) is 5.91 Å². The van der Waals surface area contributed by atoms with E-state index in [1.807, 2.05) is 18.2 Å². The molecule has 3 N–H and O–H groups in total. The van der Waals surface area contributed by atoms with Crippen molar-refractivity contribution in [1.82, 2.24) is 5.43 Å². The predicted octanol–water partition coefficient (Wildman–Crippen LogP) is 8.51. The smallest absolute Gasteiger partial charge is 0.265 e. The number of rotatable bonds is 8. The SMILES string of the molecule is NNC(=O)c1ccc2c(c1)C(Cc1ccccc1)(Cc1ccccc1)c1cc(N(c3ccccc3)c3ccccc3)ccc1-2. The van der Waals surface area contributed by atoms with Crippen LogP contribution < -0.4 is 16.2 Å². The lowest BCUT2D eigenvalue weighted by Gasteiger charge is -2.34. The van der Waals surface area contributed by atoms with E-state index in [1.165, 1.54) is 22.3 Å². The van der Waals surface area contributed by atoms with Crippen LogP contribution in [0.2, 0.25) is 0 Å². The van der Waals surface area contributed by atoms with Crippen LogP contribution in [0.5, 0.6) is 0 Å². The molecule has 0 radical (unpaired) electrons. The summed E-state index contributed by atoms with van der Waals surface area (Å²) >= 11 is 0. The molecular formula is C40H33N3O. The molecule has 0 saturated carbocycles. The number of nitrogens with zero attached hydrogens (tertiary/aromatic N) is 1. The Balaban J connectivity index is 1.49. The van der Waals surface area contributed by atoms with E-state index in [0.29, 0.717) is 5.56 Å². The molecule has 1 amide bonds. The lowest BCUT2D eigenvalue weighted by molar-refractivity contribution is 0.0953. The van der Waals surface area contributed by atoms with Gasteiger partial charge < -0.3 is 4.90 Å². The molecule has 1 aliphatic carbocycles. The summed E-state index contributed by atoms with van der Waals surface area (Å²) in [7, 11) is 0. The van der Waals surface area contributed by atoms with Crippen molar-refractivity contribution in [3.63, 3.8) is 0 Å². The minimum absolute atomic E-state index is 0.294. The van der Waals surface area contributed by atoms with Gasteiger partial charge in [-0.15, -0.1) is 0 Å². The maximum atomic E-state index is 12.8. The summed E-state index contributed by atoms with van der Waals surface area (Å²) in [6, 6.07) is 55.1. The molecule has 0 saturated heterocycles. The van der Waals surface area contributed by atoms with E-state index < -0.39 is 5.41 Å². The van der Waals surface area contributed by atoms with Gasteiger partial charge in [0.2, 0.25) is 0 Å². The Morgan fingerprint density at radius 2 is 1.00 bits per heavy atom. The van der Waals surface area contributed by atoms with E-state index in [4.69, 9.17) is 5.84 Å². The molecule has 0 aliphatic heterocycles. The number of hydrogen-bond donors (Lipinski definition) is 2. The minimum Gasteiger partial charge on any atom is -0.310 e. The zero-order chi connectivity index (χ0) is 29.9. The van der Waals surface area contributed by atoms with Crippen molar-refractivity contribution in [2.24, 2.45) is 5.84 Å². The molecule has 7 rings (SSSR count). The Kier molecular flexibility index (Phi) is 7.27. The molecule has 0 fully saturated rings. The van der Waals surface area contributed by atoms with Crippen molar-refractivity contribution in [3.8, 4) is 11.1 Å². The van der Waals surface area contributed by atoms with Crippen LogP contribution in [0.1, 0.15) is 32.6 Å². The van der Waals surface area contributed by atoms with Crippen LogP contribution >= 0.6 is 0 Å². The molecule has 4 nitrogen and oxygen atoms in total. The second-order valence-corrected chi connectivity index (χ2v) is 11.4. The number of nitrogens with one attached hydrogen (secondary N) is 1. The van der Waals surface area contributed by atoms with Crippen LogP contribution in [0.4, 0.5) is 17.1 Å². The predicted molar refractivity (Wildman–Crippen MR) is 179 cm³/mol. The molecule has 6 aromatic rings. The first kappa shape index (κ1) is 27.4. The van der Waals surface area contributed by atoms with Gasteiger partial charge in [-0.25, -0.2) is 5.84 Å². The average Bonchev–Trinajstić information content (AvgIpc) is 3.34. The van der Waals surface area contributed by atoms with Crippen molar-refractivity contribution in [2.75, 3.05) is 4.90 Å². The van der Waals surface area contributed by atoms with E-state index in [0.717, 1.165) is 41.0 Å². The van der Waals surface area contributed by atoms with Crippen molar-refractivity contribution in [1.29, 1.82) is 0 Å². The number of benzene rings is 6. The van der Waals surface area contributed by atoms with Gasteiger partial charge in [0.25, 0.3) is 5.91 Å². The topological polar surface area (TPSA) is 58.4 Å². The van der Waals surface area contributed by atoms with E-state index >= 15 is 0 Å². The Morgan fingerprint density at radius 3 is 1.50 bits per heavy atom. The fourth-order valence-corrected chi connectivity index (χ4v) is 6.78. The highest BCUT2D eigenvalue weighted by Gasteiger charge is 2.44. The van der Waals surface area contributed by atoms with Crippen molar-refractivity contribution < 1.29 is 4.79 Å². The zero-order valence-corrected chi connectivity index (χ0v) is 24.4. The standard InChI is InChI=1S/C40H33N3O/c41-42-39(44)31-21-23-35-36-24-22-34(43(32-17-9-3-10-18-32)33-19-11-4-12-20-33)26-38(36)40(37(35)25-31,27-29-13-5-1-6-14-29)28-30-15-7-2-8-16-30/h1-26H,27-28,41H2,(H,42,44). The van der Waals surface area contributed by atoms with Gasteiger partial charge in [0, 0.05) is 28.0 Å². The van der Waals surface area contributed by atoms with Gasteiger partial charge in [0.1, 0.15) is 0 Å². The largest absolute Gasteiger partial charge is 0.310 e. The summed E-state index contributed by atoms with van der Waals surface area (Å²) in [5, 5.41) is 0. The fraction of sp³-hybridized carbons (Fsp3) is 0.0750. The number of hydrazine groups is 1. The quantitative estimate of drug-likeness (QED) is 0.109. The van der Waals surface area contributed by atoms with Gasteiger partial charge in [0.15, 0.2) is 0 Å². The Bertz CT molecular complexity index is 1820. The summed E-state index contributed by atoms with van der Waals surface area (Å²) in [4.78, 5) is 15.1. The number of carbonyl (C=O) groups is 1. The molecule has 0 bridgehead atoms. The van der Waals surface area contributed by atoms with Crippen LogP contribution in [0.25, 0.3) is 11.1 Å². The van der Waals surface area contributed by atoms with Crippen LogP contribution in [0.3, 0.4) is 0 Å². The Labute approximate surface area is 258 Å². The first-order valence-electron chi connectivity index (χ1n) is 14.9. The van der Waals surface area contributed by atoms with Gasteiger partial charge in [-0.2, -0.15) is 0 Å². The minimum atomic E-state index is -0.437. The molecule has 0 atom stereocenters. The van der Waals surface area contributed by atoms with Crippen LogP contribution in [0.15, 0.2) is 158 Å². The van der Waals surface area contributed by atoms with E-state index in [9.17, 15) is 4.79 Å². The molecular weight excluding hydrogens is 538 g/mol. The van der Waals surface area contributed by atoms with Gasteiger partial charge in [-0.05, 0) is 94.8 Å². The summed E-state index contributed by atoms with van der Waals surface area (Å²) in [5.74, 6) is 5.31. The normalized spacial score (nSPS) is 12.7. The summed E-state index contributed by atoms with van der Waals surface area (Å²) in [5.41, 5.74) is 12.9. The maximum absolute atomic E-state index is 12.8. The summed E-state index contributed by atoms with van der Waals surface area (Å²) in [6.45, 7) is 0. The molecule has 4 heteroatoms. The molecule has 6 aromatic carbocycles. The molecule has 0 spiro atoms. The van der Waals surface area contributed by atoms with Crippen LogP contribution in [-0.2, 0) is 18.3 Å². The van der Waals surface area contributed by atoms with E-state index in [2.05, 4.69) is 150 Å². The second-order valence-electron chi connectivity index (χ2n) is 11.4. The van der Waals surface area contributed by atoms with E-state index in [1.54, 1.807) is 0 Å². The number of carbonyl (C=O) groups excluding carboxylic acids is 1. The number of amides is 1. The van der Waals surface area contributed by atoms with Gasteiger partial charge in [0.05, 0.1) is 0 Å². The van der Waals surface area contributed by atoms with Gasteiger partial charge in [-0.1, -0.05) is 109 Å². The number of nitrogen functional groups attached to an aromatic ring is 1. The number of nitrogens with two attached hydrogens (primary N) is 1. The van der Waals surface area contributed by atoms with Crippen molar-refractivity contribution in [3.05, 3.63) is 186 Å². The highest BCUT2D eigenvalue weighted by Crippen LogP contribution is 2.54. The lowest BCUT2D eigenvalue weighted by atomic mass is 9.69. The number of para-hydroxylation sites is 2. The summed E-state index contributed by atoms with van der Waals surface area (Å²) in [6.07, 6.45) is 1.55. The Morgan fingerprint density at radius 1 is 0.545 bits per heavy atom. The fourth-order valence-electron chi connectivity index (χ4n) is 6.78. The third kappa shape index (κ3) is 4.96. The molecule has 1 aliphatic rings. The zero-order valence-electron chi connectivity index (χ0n) is 24.4. The monoisotopic (exact) mass is 571 g/mol. The Hall–Kier alpha value is -5.45. The van der Waals surface area contributed by atoms with Crippen LogP contribution in [0, 0.1) is 0 Å². The molecule has 0 unspecified atom stereocenters.